The summed E-state index contributed by atoms with van der Waals surface area (Å²) in [6, 6.07) is 5.06. The molecule has 144 valence electrons. The van der Waals surface area contributed by atoms with Crippen LogP contribution in [0.15, 0.2) is 46.8 Å². The molecule has 3 atom stereocenters. The Morgan fingerprint density at radius 1 is 1.30 bits per heavy atom. The van der Waals surface area contributed by atoms with Gasteiger partial charge in [0, 0.05) is 28.5 Å². The van der Waals surface area contributed by atoms with Gasteiger partial charge in [0.15, 0.2) is 0 Å². The van der Waals surface area contributed by atoms with Crippen LogP contribution in [-0.2, 0) is 0 Å². The first-order chi connectivity index (χ1) is 13.0. The number of nitrogens with one attached hydrogen (secondary N) is 1. The molecular weight excluding hydrogens is 362 g/mol. The molecule has 2 bridgehead atoms. The summed E-state index contributed by atoms with van der Waals surface area (Å²) in [6.45, 7) is 4.36. The highest BCUT2D eigenvalue weighted by molar-refractivity contribution is 6.31. The molecule has 0 aromatic heterocycles. The van der Waals surface area contributed by atoms with Gasteiger partial charge in [-0.05, 0) is 72.4 Å². The standard InChI is InChI=1S/C21H26ClN3O2/c1-12-14-8-13(4-2-3-7-26)9-15(10-14)19(21(12)25-27)20(24)17-6-5-16(22)11-18(17)23/h5-6,11,13-15,24,26H,1-4,7-10,23H2. The Labute approximate surface area is 164 Å². The quantitative estimate of drug-likeness (QED) is 0.263. The lowest BCUT2D eigenvalue weighted by molar-refractivity contribution is 0.213. The SMILES string of the molecule is C=C1C(N=O)=C(C(=N)c2ccc(Cl)cc2N)C2CC(CCCCO)CC1C2. The van der Waals surface area contributed by atoms with E-state index in [2.05, 4.69) is 11.8 Å². The number of halogens is 1. The molecule has 0 radical (unpaired) electrons. The van der Waals surface area contributed by atoms with Crippen LogP contribution in [0.3, 0.4) is 0 Å². The second-order valence-electron chi connectivity index (χ2n) is 7.67. The molecule has 27 heavy (non-hydrogen) atoms. The fourth-order valence-corrected chi connectivity index (χ4v) is 4.81. The molecule has 4 N–H and O–H groups in total. The van der Waals surface area contributed by atoms with Crippen molar-refractivity contribution in [2.75, 3.05) is 12.3 Å². The molecule has 0 saturated heterocycles. The van der Waals surface area contributed by atoms with Crippen LogP contribution >= 0.6 is 11.6 Å². The zero-order valence-corrected chi connectivity index (χ0v) is 16.1. The van der Waals surface area contributed by atoms with Crippen molar-refractivity contribution in [3.63, 3.8) is 0 Å². The van der Waals surface area contributed by atoms with Crippen molar-refractivity contribution < 1.29 is 5.11 Å². The van der Waals surface area contributed by atoms with Gasteiger partial charge < -0.3 is 10.8 Å². The zero-order valence-electron chi connectivity index (χ0n) is 15.4. The molecule has 0 spiro atoms. The monoisotopic (exact) mass is 387 g/mol. The van der Waals surface area contributed by atoms with Crippen LogP contribution in [0.2, 0.25) is 5.02 Å². The van der Waals surface area contributed by atoms with E-state index in [4.69, 9.17) is 27.9 Å². The van der Waals surface area contributed by atoms with Crippen LogP contribution in [0.25, 0.3) is 0 Å². The number of benzene rings is 1. The first-order valence-corrected chi connectivity index (χ1v) is 9.85. The summed E-state index contributed by atoms with van der Waals surface area (Å²) in [7, 11) is 0. The van der Waals surface area contributed by atoms with Crippen molar-refractivity contribution in [3.05, 3.63) is 57.1 Å². The first-order valence-electron chi connectivity index (χ1n) is 9.48. The lowest BCUT2D eigenvalue weighted by atomic mass is 9.63. The average Bonchev–Trinajstić information content (AvgIpc) is 2.64. The van der Waals surface area contributed by atoms with Crippen molar-refractivity contribution in [1.29, 1.82) is 5.41 Å². The molecule has 5 nitrogen and oxygen atoms in total. The van der Waals surface area contributed by atoms with Gasteiger partial charge >= 0.3 is 0 Å². The van der Waals surface area contributed by atoms with Crippen molar-refractivity contribution in [1.82, 2.24) is 0 Å². The highest BCUT2D eigenvalue weighted by atomic mass is 35.5. The number of allylic oxidation sites excluding steroid dienone is 2. The summed E-state index contributed by atoms with van der Waals surface area (Å²) in [6.07, 6.45) is 5.69. The number of nitrogens with zero attached hydrogens (tertiary/aromatic N) is 1. The average molecular weight is 388 g/mol. The first kappa shape index (κ1) is 19.8. The molecule has 1 saturated carbocycles. The number of rotatable bonds is 7. The van der Waals surface area contributed by atoms with Crippen LogP contribution in [0.4, 0.5) is 5.69 Å². The van der Waals surface area contributed by atoms with Crippen molar-refractivity contribution in [2.45, 2.75) is 38.5 Å². The maximum atomic E-state index is 11.6. The number of unbranched alkanes of at least 4 members (excludes halogenated alkanes) is 1. The Kier molecular flexibility index (Phi) is 6.12. The summed E-state index contributed by atoms with van der Waals surface area (Å²) >= 11 is 5.99. The largest absolute Gasteiger partial charge is 0.398 e. The number of nitrogen functional groups attached to an aromatic ring is 1. The number of aliphatic hydroxyl groups excluding tert-OH is 1. The number of hydrogen-bond acceptors (Lipinski definition) is 5. The summed E-state index contributed by atoms with van der Waals surface area (Å²) in [5.41, 5.74) is 9.09. The number of hydrogen-bond donors (Lipinski definition) is 3. The van der Waals surface area contributed by atoms with Crippen LogP contribution in [-0.4, -0.2) is 17.4 Å². The van der Waals surface area contributed by atoms with E-state index < -0.39 is 0 Å². The van der Waals surface area contributed by atoms with Gasteiger partial charge in [-0.3, -0.25) is 5.41 Å². The number of fused-ring (bicyclic) bond motifs is 2. The van der Waals surface area contributed by atoms with E-state index >= 15 is 0 Å². The summed E-state index contributed by atoms with van der Waals surface area (Å²) < 4.78 is 0. The van der Waals surface area contributed by atoms with E-state index in [1.54, 1.807) is 18.2 Å². The second kappa shape index (κ2) is 8.36. The van der Waals surface area contributed by atoms with Crippen LogP contribution in [0, 0.1) is 28.1 Å². The summed E-state index contributed by atoms with van der Waals surface area (Å²) in [5, 5.41) is 21.6. The number of nitroso groups, excluding NO2 is 1. The molecule has 1 aromatic rings. The molecule has 3 unspecified atom stereocenters. The third kappa shape index (κ3) is 3.99. The van der Waals surface area contributed by atoms with E-state index in [1.165, 1.54) is 0 Å². The van der Waals surface area contributed by atoms with E-state index in [0.29, 0.717) is 33.5 Å². The predicted molar refractivity (Wildman–Crippen MR) is 110 cm³/mol. The highest BCUT2D eigenvalue weighted by Crippen LogP contribution is 2.50. The smallest absolute Gasteiger partial charge is 0.116 e. The molecule has 1 aromatic carbocycles. The van der Waals surface area contributed by atoms with Gasteiger partial charge in [0.25, 0.3) is 0 Å². The fourth-order valence-electron chi connectivity index (χ4n) is 4.63. The van der Waals surface area contributed by atoms with Crippen molar-refractivity contribution >= 4 is 23.0 Å². The van der Waals surface area contributed by atoms with Gasteiger partial charge in [0.05, 0.1) is 5.71 Å². The van der Waals surface area contributed by atoms with E-state index in [1.807, 2.05) is 0 Å². The Morgan fingerprint density at radius 2 is 2.04 bits per heavy atom. The predicted octanol–water partition coefficient (Wildman–Crippen LogP) is 5.08. The van der Waals surface area contributed by atoms with Gasteiger partial charge in [-0.25, -0.2) is 0 Å². The molecule has 2 aliphatic carbocycles. The second-order valence-corrected chi connectivity index (χ2v) is 8.11. The third-order valence-corrected chi connectivity index (χ3v) is 6.16. The Hall–Kier alpha value is -1.98. The lowest BCUT2D eigenvalue weighted by Gasteiger charge is -2.41. The minimum absolute atomic E-state index is 0.114. The number of anilines is 1. The normalized spacial score (nSPS) is 24.8. The number of aliphatic hydroxyl groups is 1. The number of nitrogens with two attached hydrogens (primary N) is 1. The van der Waals surface area contributed by atoms with Gasteiger partial charge in [0.2, 0.25) is 0 Å². The molecule has 2 aliphatic rings. The maximum absolute atomic E-state index is 11.6. The molecule has 1 fully saturated rings. The van der Waals surface area contributed by atoms with E-state index in [9.17, 15) is 4.91 Å². The van der Waals surface area contributed by atoms with E-state index in [0.717, 1.165) is 44.1 Å². The molecule has 0 heterocycles. The van der Waals surface area contributed by atoms with Crippen LogP contribution < -0.4 is 5.73 Å². The molecule has 3 rings (SSSR count). The van der Waals surface area contributed by atoms with E-state index in [-0.39, 0.29) is 24.2 Å². The van der Waals surface area contributed by atoms with Crippen LogP contribution in [0.1, 0.15) is 44.1 Å². The Bertz CT molecular complexity index is 803. The van der Waals surface area contributed by atoms with Crippen molar-refractivity contribution in [3.8, 4) is 0 Å². The maximum Gasteiger partial charge on any atom is 0.116 e. The third-order valence-electron chi connectivity index (χ3n) is 5.93. The molecule has 6 heteroatoms. The van der Waals surface area contributed by atoms with Gasteiger partial charge in [-0.1, -0.05) is 31.0 Å². The zero-order chi connectivity index (χ0) is 19.6. The lowest BCUT2D eigenvalue weighted by Crippen LogP contribution is -2.33. The minimum Gasteiger partial charge on any atom is -0.398 e. The van der Waals surface area contributed by atoms with Gasteiger partial charge in [-0.15, -0.1) is 4.91 Å². The van der Waals surface area contributed by atoms with Gasteiger partial charge in [0.1, 0.15) is 5.70 Å². The van der Waals surface area contributed by atoms with Crippen molar-refractivity contribution in [2.24, 2.45) is 22.9 Å². The van der Waals surface area contributed by atoms with Crippen LogP contribution in [0.5, 0.6) is 0 Å². The fraction of sp³-hybridized carbons (Fsp3) is 0.476. The molecule has 0 aliphatic heterocycles. The highest BCUT2D eigenvalue weighted by Gasteiger charge is 2.40. The topological polar surface area (TPSA) is 99.5 Å². The summed E-state index contributed by atoms with van der Waals surface area (Å²) in [5.74, 6) is 0.869. The summed E-state index contributed by atoms with van der Waals surface area (Å²) in [4.78, 5) is 11.6. The molecular formula is C21H26ClN3O2. The Morgan fingerprint density at radius 3 is 2.70 bits per heavy atom. The Balaban J connectivity index is 1.93. The van der Waals surface area contributed by atoms with Gasteiger partial charge in [-0.2, -0.15) is 0 Å². The molecule has 0 amide bonds. The minimum atomic E-state index is 0.114.